The highest BCUT2D eigenvalue weighted by atomic mass is 35.5. The molecule has 132 valence electrons. The number of hydrogen-bond donors (Lipinski definition) is 2. The van der Waals surface area contributed by atoms with Gasteiger partial charge >= 0.3 is 11.1 Å². The van der Waals surface area contributed by atoms with Crippen molar-refractivity contribution in [2.24, 2.45) is 0 Å². The zero-order chi connectivity index (χ0) is 18.4. The van der Waals surface area contributed by atoms with E-state index >= 15 is 0 Å². The van der Waals surface area contributed by atoms with Crippen LogP contribution in [0.1, 0.15) is 27.0 Å². The lowest BCUT2D eigenvalue weighted by Gasteiger charge is -2.30. The quantitative estimate of drug-likeness (QED) is 0.646. The van der Waals surface area contributed by atoms with Gasteiger partial charge in [-0.15, -0.1) is 0 Å². The molecule has 0 bridgehead atoms. The van der Waals surface area contributed by atoms with Crippen LogP contribution >= 0.6 is 11.6 Å². The Kier molecular flexibility index (Phi) is 3.92. The number of nitrogens with zero attached hydrogens (tertiary/aromatic N) is 1. The van der Waals surface area contributed by atoms with Crippen LogP contribution < -0.4 is 11.1 Å². The molecule has 2 aromatic carbocycles. The van der Waals surface area contributed by atoms with Gasteiger partial charge in [0, 0.05) is 29.2 Å². The summed E-state index contributed by atoms with van der Waals surface area (Å²) in [6.45, 7) is 2.93. The number of carbonyl (C=O) groups is 1. The van der Waals surface area contributed by atoms with Gasteiger partial charge < -0.3 is 14.9 Å². The van der Waals surface area contributed by atoms with Crippen molar-refractivity contribution in [3.05, 3.63) is 78.3 Å². The molecule has 0 fully saturated rings. The fourth-order valence-electron chi connectivity index (χ4n) is 3.51. The minimum Gasteiger partial charge on any atom is -0.334 e. The van der Waals surface area contributed by atoms with Crippen LogP contribution in [0, 0.1) is 6.92 Å². The van der Waals surface area contributed by atoms with Gasteiger partial charge in [0.2, 0.25) is 0 Å². The molecule has 1 aliphatic heterocycles. The van der Waals surface area contributed by atoms with Gasteiger partial charge in [-0.05, 0) is 54.8 Å². The molecule has 0 aliphatic carbocycles. The topological polar surface area (TPSA) is 86.0 Å². The van der Waals surface area contributed by atoms with E-state index in [4.69, 9.17) is 11.6 Å². The second kappa shape index (κ2) is 6.14. The molecule has 1 aliphatic rings. The van der Waals surface area contributed by atoms with Crippen LogP contribution in [0.15, 0.2) is 39.9 Å². The molecule has 26 heavy (non-hydrogen) atoms. The highest BCUT2D eigenvalue weighted by Gasteiger charge is 2.25. The first-order valence-corrected chi connectivity index (χ1v) is 8.64. The van der Waals surface area contributed by atoms with Crippen LogP contribution in [0.5, 0.6) is 0 Å². The molecule has 6 nitrogen and oxygen atoms in total. The maximum atomic E-state index is 12.8. The van der Waals surface area contributed by atoms with Gasteiger partial charge in [0.15, 0.2) is 0 Å². The first-order chi connectivity index (χ1) is 12.4. The van der Waals surface area contributed by atoms with Crippen molar-refractivity contribution in [2.75, 3.05) is 6.54 Å². The summed E-state index contributed by atoms with van der Waals surface area (Å²) in [5, 5.41) is 0.577. The minimum atomic E-state index is -0.690. The van der Waals surface area contributed by atoms with Crippen LogP contribution in [-0.4, -0.2) is 27.3 Å². The Labute approximate surface area is 153 Å². The lowest BCUT2D eigenvalue weighted by atomic mass is 9.93. The third kappa shape index (κ3) is 2.72. The predicted octanol–water partition coefficient (Wildman–Crippen LogP) is 2.38. The number of benzene rings is 2. The molecule has 4 rings (SSSR count). The largest absolute Gasteiger partial charge is 0.334 e. The second-order valence-electron chi connectivity index (χ2n) is 6.46. The first-order valence-electron chi connectivity index (χ1n) is 8.26. The molecule has 0 spiro atoms. The Hall–Kier alpha value is -2.86. The molecule has 0 unspecified atom stereocenters. The number of carbonyl (C=O) groups excluding carboxylic acids is 1. The normalized spacial score (nSPS) is 13.7. The van der Waals surface area contributed by atoms with Gasteiger partial charge in [0.25, 0.3) is 5.91 Å². The lowest BCUT2D eigenvalue weighted by molar-refractivity contribution is 0.0735. The van der Waals surface area contributed by atoms with Gasteiger partial charge in [-0.25, -0.2) is 0 Å². The first kappa shape index (κ1) is 16.6. The predicted molar refractivity (Wildman–Crippen MR) is 99.8 cm³/mol. The summed E-state index contributed by atoms with van der Waals surface area (Å²) in [5.41, 5.74) is 3.38. The maximum absolute atomic E-state index is 12.8. The van der Waals surface area contributed by atoms with E-state index in [1.165, 1.54) is 0 Å². The molecular weight excluding hydrogens is 354 g/mol. The average Bonchev–Trinajstić information content (AvgIpc) is 2.63. The Bertz CT molecular complexity index is 1150. The highest BCUT2D eigenvalue weighted by Crippen LogP contribution is 2.28. The fraction of sp³-hybridized carbons (Fsp3) is 0.211. The number of amides is 1. The summed E-state index contributed by atoms with van der Waals surface area (Å²) < 4.78 is 0. The van der Waals surface area contributed by atoms with E-state index in [2.05, 4.69) is 9.97 Å². The summed E-state index contributed by atoms with van der Waals surface area (Å²) >= 11 is 5.89. The van der Waals surface area contributed by atoms with Crippen LogP contribution in [0.25, 0.3) is 11.0 Å². The summed E-state index contributed by atoms with van der Waals surface area (Å²) in [5.74, 6) is -0.0891. The van der Waals surface area contributed by atoms with Crippen LogP contribution in [0.3, 0.4) is 0 Å². The Morgan fingerprint density at radius 3 is 2.50 bits per heavy atom. The van der Waals surface area contributed by atoms with Crippen LogP contribution in [0.4, 0.5) is 0 Å². The number of nitrogens with one attached hydrogen (secondary N) is 2. The fourth-order valence-corrected chi connectivity index (χ4v) is 3.63. The van der Waals surface area contributed by atoms with Crippen molar-refractivity contribution in [1.82, 2.24) is 14.9 Å². The average molecular weight is 370 g/mol. The number of aromatic nitrogens is 2. The van der Waals surface area contributed by atoms with Crippen molar-refractivity contribution >= 4 is 28.5 Å². The minimum absolute atomic E-state index is 0.0891. The Morgan fingerprint density at radius 1 is 1.08 bits per heavy atom. The van der Waals surface area contributed by atoms with Crippen molar-refractivity contribution in [1.29, 1.82) is 0 Å². The van der Waals surface area contributed by atoms with Gasteiger partial charge in [0.05, 0.1) is 11.0 Å². The van der Waals surface area contributed by atoms with Crippen LogP contribution in [0.2, 0.25) is 5.02 Å². The lowest BCUT2D eigenvalue weighted by Crippen LogP contribution is -2.37. The van der Waals surface area contributed by atoms with E-state index in [0.717, 1.165) is 16.7 Å². The zero-order valence-corrected chi connectivity index (χ0v) is 14.8. The van der Waals surface area contributed by atoms with E-state index in [1.54, 1.807) is 29.2 Å². The molecular formula is C19H16ClN3O3. The molecule has 0 radical (unpaired) electrons. The molecule has 3 aromatic rings. The molecule has 0 atom stereocenters. The van der Waals surface area contributed by atoms with Crippen molar-refractivity contribution in [3.63, 3.8) is 0 Å². The number of hydrogen-bond acceptors (Lipinski definition) is 3. The summed E-state index contributed by atoms with van der Waals surface area (Å²) in [6, 6.07) is 8.65. The standard InChI is InChI=1S/C19H16ClN3O3/c1-10-8-15-16(22-18(25)17(24)21-15)14-9-23(7-6-13(10)14)19(26)11-2-4-12(20)5-3-11/h2-5,8H,6-7,9H2,1H3,(H,21,24)(H,22,25). The van der Waals surface area contributed by atoms with Crippen molar-refractivity contribution in [2.45, 2.75) is 19.9 Å². The number of aromatic amines is 2. The van der Waals surface area contributed by atoms with E-state index in [-0.39, 0.29) is 5.91 Å². The molecule has 0 saturated carbocycles. The van der Waals surface area contributed by atoms with E-state index in [0.29, 0.717) is 41.1 Å². The second-order valence-corrected chi connectivity index (χ2v) is 6.90. The smallest absolute Gasteiger partial charge is 0.314 e. The molecule has 0 saturated heterocycles. The number of halogens is 1. The third-order valence-electron chi connectivity index (χ3n) is 4.82. The molecule has 1 amide bonds. The number of rotatable bonds is 1. The maximum Gasteiger partial charge on any atom is 0.314 e. The SMILES string of the molecule is Cc1cc2[nH]c(=O)c(=O)[nH]c2c2c1CCN(C(=O)c1ccc(Cl)cc1)C2. The third-order valence-corrected chi connectivity index (χ3v) is 5.08. The highest BCUT2D eigenvalue weighted by molar-refractivity contribution is 6.30. The molecule has 2 N–H and O–H groups in total. The summed E-state index contributed by atoms with van der Waals surface area (Å²) in [6.07, 6.45) is 0.692. The van der Waals surface area contributed by atoms with Gasteiger partial charge in [-0.3, -0.25) is 14.4 Å². The van der Waals surface area contributed by atoms with E-state index in [1.807, 2.05) is 13.0 Å². The van der Waals surface area contributed by atoms with Crippen molar-refractivity contribution in [3.8, 4) is 0 Å². The van der Waals surface area contributed by atoms with Gasteiger partial charge in [-0.2, -0.15) is 0 Å². The van der Waals surface area contributed by atoms with E-state index in [9.17, 15) is 14.4 Å². The Morgan fingerprint density at radius 2 is 1.77 bits per heavy atom. The molecule has 1 aromatic heterocycles. The summed E-state index contributed by atoms with van der Waals surface area (Å²) in [4.78, 5) is 43.2. The number of aryl methyl sites for hydroxylation is 1. The summed E-state index contributed by atoms with van der Waals surface area (Å²) in [7, 11) is 0. The van der Waals surface area contributed by atoms with Crippen molar-refractivity contribution < 1.29 is 4.79 Å². The van der Waals surface area contributed by atoms with Gasteiger partial charge in [0.1, 0.15) is 0 Å². The van der Waals surface area contributed by atoms with Crippen LogP contribution in [-0.2, 0) is 13.0 Å². The number of H-pyrrole nitrogens is 2. The Balaban J connectivity index is 1.79. The molecule has 7 heteroatoms. The monoisotopic (exact) mass is 369 g/mol. The zero-order valence-electron chi connectivity index (χ0n) is 14.1. The van der Waals surface area contributed by atoms with E-state index < -0.39 is 11.1 Å². The molecule has 2 heterocycles. The number of fused-ring (bicyclic) bond motifs is 3. The van der Waals surface area contributed by atoms with Gasteiger partial charge in [-0.1, -0.05) is 11.6 Å².